The van der Waals surface area contributed by atoms with E-state index in [1.54, 1.807) is 0 Å². The second kappa shape index (κ2) is 5.32. The van der Waals surface area contributed by atoms with Gasteiger partial charge in [0.25, 0.3) is 0 Å². The SMILES string of the molecule is CCc1cccc(C2NCCCC2C(N)=O)c1. The van der Waals surface area contributed by atoms with Crippen LogP contribution in [-0.4, -0.2) is 12.5 Å². The van der Waals surface area contributed by atoms with Crippen LogP contribution in [-0.2, 0) is 11.2 Å². The van der Waals surface area contributed by atoms with E-state index in [0.717, 1.165) is 25.8 Å². The minimum absolute atomic E-state index is 0.0733. The van der Waals surface area contributed by atoms with Crippen molar-refractivity contribution in [2.24, 2.45) is 11.7 Å². The summed E-state index contributed by atoms with van der Waals surface area (Å²) in [7, 11) is 0. The molecule has 1 fully saturated rings. The molecule has 0 spiro atoms. The van der Waals surface area contributed by atoms with E-state index < -0.39 is 0 Å². The maximum Gasteiger partial charge on any atom is 0.222 e. The molecule has 0 aliphatic carbocycles. The molecule has 1 aliphatic heterocycles. The van der Waals surface area contributed by atoms with Gasteiger partial charge in [0, 0.05) is 6.04 Å². The number of nitrogens with two attached hydrogens (primary N) is 1. The number of aryl methyl sites for hydroxylation is 1. The van der Waals surface area contributed by atoms with Crippen molar-refractivity contribution in [3.05, 3.63) is 35.4 Å². The van der Waals surface area contributed by atoms with Gasteiger partial charge in [-0.2, -0.15) is 0 Å². The lowest BCUT2D eigenvalue weighted by atomic mass is 9.85. The molecule has 92 valence electrons. The molecule has 1 aliphatic rings. The molecule has 0 bridgehead atoms. The maximum atomic E-state index is 11.5. The molecule has 2 atom stereocenters. The predicted octanol–water partition coefficient (Wildman–Crippen LogP) is 1.77. The van der Waals surface area contributed by atoms with Crippen LogP contribution >= 0.6 is 0 Å². The molecule has 3 nitrogen and oxygen atoms in total. The highest BCUT2D eigenvalue weighted by atomic mass is 16.1. The fourth-order valence-electron chi connectivity index (χ4n) is 2.55. The van der Waals surface area contributed by atoms with Crippen LogP contribution < -0.4 is 11.1 Å². The van der Waals surface area contributed by atoms with Crippen molar-refractivity contribution in [3.63, 3.8) is 0 Å². The van der Waals surface area contributed by atoms with Gasteiger partial charge in [-0.15, -0.1) is 0 Å². The third-order valence-electron chi connectivity index (χ3n) is 3.54. The average Bonchev–Trinajstić information content (AvgIpc) is 2.39. The molecule has 3 N–H and O–H groups in total. The second-order valence-corrected chi connectivity index (χ2v) is 4.68. The van der Waals surface area contributed by atoms with Crippen LogP contribution in [0.25, 0.3) is 0 Å². The van der Waals surface area contributed by atoms with Gasteiger partial charge >= 0.3 is 0 Å². The molecule has 1 saturated heterocycles. The normalized spacial score (nSPS) is 24.5. The Labute approximate surface area is 102 Å². The summed E-state index contributed by atoms with van der Waals surface area (Å²) in [5.74, 6) is -0.264. The molecule has 3 heteroatoms. The second-order valence-electron chi connectivity index (χ2n) is 4.68. The highest BCUT2D eigenvalue weighted by Gasteiger charge is 2.30. The van der Waals surface area contributed by atoms with Crippen molar-refractivity contribution in [2.45, 2.75) is 32.2 Å². The predicted molar refractivity (Wildman–Crippen MR) is 68.5 cm³/mol. The van der Waals surface area contributed by atoms with Crippen LogP contribution in [0.15, 0.2) is 24.3 Å². The lowest BCUT2D eigenvalue weighted by Gasteiger charge is -2.31. The maximum absolute atomic E-state index is 11.5. The van der Waals surface area contributed by atoms with Crippen LogP contribution in [0.1, 0.15) is 36.9 Å². The van der Waals surface area contributed by atoms with Crippen molar-refractivity contribution in [1.29, 1.82) is 0 Å². The monoisotopic (exact) mass is 232 g/mol. The molecule has 2 rings (SSSR count). The third-order valence-corrected chi connectivity index (χ3v) is 3.54. The number of hydrogen-bond acceptors (Lipinski definition) is 2. The zero-order valence-corrected chi connectivity index (χ0v) is 10.3. The van der Waals surface area contributed by atoms with Gasteiger partial charge in [0.1, 0.15) is 0 Å². The number of benzene rings is 1. The molecule has 0 radical (unpaired) electrons. The molecular weight excluding hydrogens is 212 g/mol. The van der Waals surface area contributed by atoms with Crippen molar-refractivity contribution >= 4 is 5.91 Å². The van der Waals surface area contributed by atoms with Gasteiger partial charge in [-0.1, -0.05) is 31.2 Å². The van der Waals surface area contributed by atoms with Crippen LogP contribution in [0.5, 0.6) is 0 Å². The number of rotatable bonds is 3. The van der Waals surface area contributed by atoms with Gasteiger partial charge in [0.05, 0.1) is 5.92 Å². The molecule has 0 saturated carbocycles. The van der Waals surface area contributed by atoms with Crippen LogP contribution in [0, 0.1) is 5.92 Å². The van der Waals surface area contributed by atoms with Crippen molar-refractivity contribution in [1.82, 2.24) is 5.32 Å². The first kappa shape index (κ1) is 12.1. The molecule has 1 heterocycles. The Bertz CT molecular complexity index is 403. The van der Waals surface area contributed by atoms with Crippen LogP contribution in [0.3, 0.4) is 0 Å². The zero-order chi connectivity index (χ0) is 12.3. The molecule has 2 unspecified atom stereocenters. The summed E-state index contributed by atoms with van der Waals surface area (Å²) in [4.78, 5) is 11.5. The smallest absolute Gasteiger partial charge is 0.222 e. The molecule has 1 aromatic carbocycles. The minimum Gasteiger partial charge on any atom is -0.369 e. The first-order valence-corrected chi connectivity index (χ1v) is 6.34. The lowest BCUT2D eigenvalue weighted by molar-refractivity contribution is -0.123. The van der Waals surface area contributed by atoms with E-state index in [9.17, 15) is 4.79 Å². The summed E-state index contributed by atoms with van der Waals surface area (Å²) < 4.78 is 0. The highest BCUT2D eigenvalue weighted by molar-refractivity contribution is 5.77. The number of carbonyl (C=O) groups is 1. The van der Waals surface area contributed by atoms with E-state index in [0.29, 0.717) is 0 Å². The first-order valence-electron chi connectivity index (χ1n) is 6.34. The Hall–Kier alpha value is -1.35. The van der Waals surface area contributed by atoms with E-state index in [1.165, 1.54) is 11.1 Å². The summed E-state index contributed by atoms with van der Waals surface area (Å²) in [6, 6.07) is 8.53. The first-order chi connectivity index (χ1) is 8.22. The standard InChI is InChI=1S/C14H20N2O/c1-2-10-5-3-6-11(9-10)13-12(14(15)17)7-4-8-16-13/h3,5-6,9,12-13,16H,2,4,7-8H2,1H3,(H2,15,17). The van der Waals surface area contributed by atoms with Gasteiger partial charge in [-0.3, -0.25) is 4.79 Å². The van der Waals surface area contributed by atoms with Crippen LogP contribution in [0.4, 0.5) is 0 Å². The summed E-state index contributed by atoms with van der Waals surface area (Å²) >= 11 is 0. The topological polar surface area (TPSA) is 55.1 Å². The summed E-state index contributed by atoms with van der Waals surface area (Å²) in [5.41, 5.74) is 7.98. The van der Waals surface area contributed by atoms with Gasteiger partial charge in [-0.05, 0) is 36.9 Å². The Morgan fingerprint density at radius 1 is 1.53 bits per heavy atom. The number of amides is 1. The number of primary amides is 1. The summed E-state index contributed by atoms with van der Waals surface area (Å²) in [6.07, 6.45) is 2.93. The minimum atomic E-state index is -0.191. The summed E-state index contributed by atoms with van der Waals surface area (Å²) in [5, 5.41) is 3.42. The Morgan fingerprint density at radius 2 is 2.35 bits per heavy atom. The fourth-order valence-corrected chi connectivity index (χ4v) is 2.55. The third kappa shape index (κ3) is 2.67. The largest absolute Gasteiger partial charge is 0.369 e. The number of piperidine rings is 1. The Kier molecular flexibility index (Phi) is 3.79. The van der Waals surface area contributed by atoms with E-state index in [1.807, 2.05) is 0 Å². The van der Waals surface area contributed by atoms with E-state index >= 15 is 0 Å². The molecule has 1 aromatic rings. The highest BCUT2D eigenvalue weighted by Crippen LogP contribution is 2.29. The molecule has 1 amide bonds. The van der Waals surface area contributed by atoms with E-state index in [4.69, 9.17) is 5.73 Å². The average molecular weight is 232 g/mol. The lowest BCUT2D eigenvalue weighted by Crippen LogP contribution is -2.40. The Balaban J connectivity index is 2.26. The van der Waals surface area contributed by atoms with Gasteiger partial charge in [0.2, 0.25) is 5.91 Å². The molecule has 0 aromatic heterocycles. The van der Waals surface area contributed by atoms with Crippen molar-refractivity contribution in [2.75, 3.05) is 6.54 Å². The van der Waals surface area contributed by atoms with Gasteiger partial charge in [0.15, 0.2) is 0 Å². The number of hydrogen-bond donors (Lipinski definition) is 2. The van der Waals surface area contributed by atoms with Crippen molar-refractivity contribution < 1.29 is 4.79 Å². The number of carbonyl (C=O) groups excluding carboxylic acids is 1. The van der Waals surface area contributed by atoms with Crippen LogP contribution in [0.2, 0.25) is 0 Å². The molecule has 17 heavy (non-hydrogen) atoms. The quantitative estimate of drug-likeness (QED) is 0.834. The van der Waals surface area contributed by atoms with E-state index in [2.05, 4.69) is 36.5 Å². The zero-order valence-electron chi connectivity index (χ0n) is 10.3. The van der Waals surface area contributed by atoms with Gasteiger partial charge < -0.3 is 11.1 Å². The fraction of sp³-hybridized carbons (Fsp3) is 0.500. The van der Waals surface area contributed by atoms with Crippen molar-refractivity contribution in [3.8, 4) is 0 Å². The summed E-state index contributed by atoms with van der Waals surface area (Å²) in [6.45, 7) is 3.10. The van der Waals surface area contributed by atoms with Gasteiger partial charge in [-0.25, -0.2) is 0 Å². The Morgan fingerprint density at radius 3 is 3.06 bits per heavy atom. The molecular formula is C14H20N2O. The number of nitrogens with one attached hydrogen (secondary N) is 1. The van der Waals surface area contributed by atoms with E-state index in [-0.39, 0.29) is 17.9 Å².